The molecule has 0 spiro atoms. The van der Waals surface area contributed by atoms with Gasteiger partial charge in [-0.3, -0.25) is 4.79 Å². The van der Waals surface area contributed by atoms with Crippen LogP contribution in [0.15, 0.2) is 24.4 Å². The van der Waals surface area contributed by atoms with E-state index >= 15 is 0 Å². The molecule has 0 fully saturated rings. The van der Waals surface area contributed by atoms with Crippen molar-refractivity contribution in [2.24, 2.45) is 7.05 Å². The highest BCUT2D eigenvalue weighted by Crippen LogP contribution is 2.39. The molecule has 3 aromatic heterocycles. The van der Waals surface area contributed by atoms with E-state index in [1.54, 1.807) is 22.9 Å². The summed E-state index contributed by atoms with van der Waals surface area (Å²) < 4.78 is 45.0. The van der Waals surface area contributed by atoms with E-state index in [1.807, 2.05) is 0 Å². The Morgan fingerprint density at radius 2 is 2.06 bits per heavy atom. The number of aliphatic hydroxyl groups excluding tert-OH is 1. The van der Waals surface area contributed by atoms with Gasteiger partial charge in [0.2, 0.25) is 17.7 Å². The minimum Gasteiger partial charge on any atom is -0.421 e. The number of carbonyl (C=O) groups is 1. The molecule has 5 rings (SSSR count). The summed E-state index contributed by atoms with van der Waals surface area (Å²) in [6.45, 7) is 0.574. The summed E-state index contributed by atoms with van der Waals surface area (Å²) in [5, 5.41) is 16.3. The lowest BCUT2D eigenvalue weighted by molar-refractivity contribution is -0.141. The molecular weight excluding hydrogens is 481 g/mol. The van der Waals surface area contributed by atoms with E-state index in [0.29, 0.717) is 37.0 Å². The number of aliphatic hydroxyl groups is 1. The van der Waals surface area contributed by atoms with Crippen LogP contribution in [0.1, 0.15) is 23.4 Å². The van der Waals surface area contributed by atoms with Crippen LogP contribution in [0.4, 0.5) is 30.6 Å². The first-order chi connectivity index (χ1) is 17.2. The number of nitrogens with zero attached hydrogens (tertiary/aromatic N) is 7. The zero-order valence-electron chi connectivity index (χ0n) is 19.5. The van der Waals surface area contributed by atoms with E-state index in [9.17, 15) is 23.1 Å². The van der Waals surface area contributed by atoms with Crippen LogP contribution < -0.4 is 19.9 Å². The number of amides is 1. The molecule has 1 atom stereocenters. The monoisotopic (exact) mass is 504 g/mol. The van der Waals surface area contributed by atoms with Crippen molar-refractivity contribution in [1.29, 1.82) is 0 Å². The minimum atomic E-state index is -4.57. The Balaban J connectivity index is 1.30. The van der Waals surface area contributed by atoms with Gasteiger partial charge in [0.1, 0.15) is 11.7 Å². The summed E-state index contributed by atoms with van der Waals surface area (Å²) in [6, 6.07) is 3.37. The highest BCUT2D eigenvalue weighted by atomic mass is 19.4. The quantitative estimate of drug-likeness (QED) is 0.520. The van der Waals surface area contributed by atoms with Crippen molar-refractivity contribution in [3.8, 4) is 11.8 Å². The van der Waals surface area contributed by atoms with Crippen molar-refractivity contribution in [3.05, 3.63) is 41.3 Å². The maximum Gasteiger partial charge on any atom is 0.435 e. The van der Waals surface area contributed by atoms with Crippen LogP contribution in [0.3, 0.4) is 0 Å². The molecule has 5 heterocycles. The zero-order chi connectivity index (χ0) is 25.6. The molecule has 1 unspecified atom stereocenters. The molecular formula is C22H23F3N8O3. The van der Waals surface area contributed by atoms with Gasteiger partial charge in [0.25, 0.3) is 5.91 Å². The van der Waals surface area contributed by atoms with E-state index in [-0.39, 0.29) is 24.3 Å². The molecule has 2 aliphatic heterocycles. The molecule has 1 amide bonds. The van der Waals surface area contributed by atoms with Crippen molar-refractivity contribution >= 4 is 23.4 Å². The van der Waals surface area contributed by atoms with Gasteiger partial charge in [0.05, 0.1) is 12.3 Å². The minimum absolute atomic E-state index is 0.0880. The fourth-order valence-electron chi connectivity index (χ4n) is 4.24. The van der Waals surface area contributed by atoms with Crippen LogP contribution in [0.25, 0.3) is 0 Å². The maximum atomic E-state index is 12.8. The smallest absolute Gasteiger partial charge is 0.421 e. The second-order valence-electron chi connectivity index (χ2n) is 8.52. The van der Waals surface area contributed by atoms with Gasteiger partial charge in [-0.2, -0.15) is 23.3 Å². The molecule has 190 valence electrons. The standard InChI is InChI=1S/C22H23F3N8O3/c1-31-14(11-34)20(35)33-7-3-4-13-18(33)19(31)29-21(28-13)27-10-12-5-6-16(26-9-12)36-17-8-15(22(23,24)25)30-32(17)2/h5-6,8-9,14,34H,3-4,7,10-11H2,1-2H3,(H,27,28,29). The number of pyridine rings is 1. The van der Waals surface area contributed by atoms with E-state index < -0.39 is 17.9 Å². The Morgan fingerprint density at radius 3 is 2.72 bits per heavy atom. The number of aromatic nitrogens is 5. The van der Waals surface area contributed by atoms with Crippen molar-refractivity contribution in [3.63, 3.8) is 0 Å². The summed E-state index contributed by atoms with van der Waals surface area (Å²) in [4.78, 5) is 29.4. The zero-order valence-corrected chi connectivity index (χ0v) is 19.5. The summed E-state index contributed by atoms with van der Waals surface area (Å²) in [5.41, 5.74) is 1.17. The molecule has 3 aromatic rings. The molecule has 11 nitrogen and oxygen atoms in total. The van der Waals surface area contributed by atoms with Gasteiger partial charge in [-0.1, -0.05) is 6.07 Å². The fraction of sp³-hybridized carbons (Fsp3) is 0.409. The molecule has 0 aromatic carbocycles. The highest BCUT2D eigenvalue weighted by molar-refractivity contribution is 6.05. The molecule has 14 heteroatoms. The molecule has 0 radical (unpaired) electrons. The predicted octanol–water partition coefficient (Wildman–Crippen LogP) is 2.12. The van der Waals surface area contributed by atoms with Gasteiger partial charge in [-0.05, 0) is 18.4 Å². The second-order valence-corrected chi connectivity index (χ2v) is 8.52. The summed E-state index contributed by atoms with van der Waals surface area (Å²) in [6.07, 6.45) is -1.57. The van der Waals surface area contributed by atoms with E-state index in [0.717, 1.165) is 28.4 Å². The van der Waals surface area contributed by atoms with E-state index in [4.69, 9.17) is 4.74 Å². The Kier molecular flexibility index (Phi) is 5.90. The maximum absolute atomic E-state index is 12.8. The summed E-state index contributed by atoms with van der Waals surface area (Å²) >= 11 is 0. The third-order valence-electron chi connectivity index (χ3n) is 6.11. The molecule has 2 N–H and O–H groups in total. The molecule has 0 saturated heterocycles. The number of ether oxygens (including phenoxy) is 1. The Labute approximate surface area is 203 Å². The number of anilines is 3. The number of aryl methyl sites for hydroxylation is 2. The van der Waals surface area contributed by atoms with Crippen molar-refractivity contribution in [2.75, 3.05) is 35.3 Å². The summed E-state index contributed by atoms with van der Waals surface area (Å²) in [7, 11) is 3.07. The first kappa shape index (κ1) is 23.8. The van der Waals surface area contributed by atoms with Crippen molar-refractivity contribution < 1.29 is 27.8 Å². The first-order valence-corrected chi connectivity index (χ1v) is 11.2. The number of carbonyl (C=O) groups excluding carboxylic acids is 1. The molecule has 0 aliphatic carbocycles. The number of rotatable bonds is 6. The second kappa shape index (κ2) is 8.93. The molecule has 2 aliphatic rings. The van der Waals surface area contributed by atoms with Crippen molar-refractivity contribution in [1.82, 2.24) is 24.7 Å². The normalized spacial score (nSPS) is 17.3. The number of hydrogen-bond acceptors (Lipinski definition) is 9. The third-order valence-corrected chi connectivity index (χ3v) is 6.11. The number of hydrogen-bond donors (Lipinski definition) is 2. The Hall–Kier alpha value is -3.94. The van der Waals surface area contributed by atoms with Gasteiger partial charge < -0.3 is 25.0 Å². The fourth-order valence-corrected chi connectivity index (χ4v) is 4.24. The van der Waals surface area contributed by atoms with Gasteiger partial charge in [0.15, 0.2) is 11.5 Å². The van der Waals surface area contributed by atoms with Gasteiger partial charge in [0, 0.05) is 45.5 Å². The number of alkyl halides is 3. The average molecular weight is 504 g/mol. The van der Waals surface area contributed by atoms with Crippen LogP contribution in [-0.4, -0.2) is 62.0 Å². The number of nitrogens with one attached hydrogen (secondary N) is 1. The topological polar surface area (TPSA) is 122 Å². The van der Waals surface area contributed by atoms with Gasteiger partial charge >= 0.3 is 6.18 Å². The van der Waals surface area contributed by atoms with Gasteiger partial charge in [-0.25, -0.2) is 14.6 Å². The largest absolute Gasteiger partial charge is 0.435 e. The van der Waals surface area contributed by atoms with E-state index in [2.05, 4.69) is 25.4 Å². The Morgan fingerprint density at radius 1 is 1.25 bits per heavy atom. The molecule has 0 bridgehead atoms. The van der Waals surface area contributed by atoms with Crippen LogP contribution in [0.5, 0.6) is 11.8 Å². The number of halogens is 3. The van der Waals surface area contributed by atoms with Crippen LogP contribution in [0, 0.1) is 0 Å². The lowest BCUT2D eigenvalue weighted by Gasteiger charge is -2.42. The van der Waals surface area contributed by atoms with Crippen molar-refractivity contribution in [2.45, 2.75) is 31.6 Å². The molecule has 36 heavy (non-hydrogen) atoms. The lowest BCUT2D eigenvalue weighted by Crippen LogP contribution is -2.55. The average Bonchev–Trinajstić information content (AvgIpc) is 3.23. The SMILES string of the molecule is CN1c2nc(NCc3ccc(Oc4cc(C(F)(F)F)nn4C)nc3)nc3c2N(CCC3)C(=O)C1CO. The van der Waals surface area contributed by atoms with Crippen LogP contribution in [0.2, 0.25) is 0 Å². The first-order valence-electron chi connectivity index (χ1n) is 11.2. The van der Waals surface area contributed by atoms with Crippen LogP contribution in [-0.2, 0) is 31.0 Å². The predicted molar refractivity (Wildman–Crippen MR) is 122 cm³/mol. The Bertz CT molecular complexity index is 1290. The van der Waals surface area contributed by atoms with Crippen LogP contribution >= 0.6 is 0 Å². The third kappa shape index (κ3) is 4.27. The van der Waals surface area contributed by atoms with E-state index in [1.165, 1.54) is 19.3 Å². The summed E-state index contributed by atoms with van der Waals surface area (Å²) in [5.74, 6) is 0.823. The highest BCUT2D eigenvalue weighted by Gasteiger charge is 2.40. The number of likely N-dealkylation sites (N-methyl/N-ethyl adjacent to an activating group) is 1. The van der Waals surface area contributed by atoms with Gasteiger partial charge in [-0.15, -0.1) is 0 Å². The lowest BCUT2D eigenvalue weighted by atomic mass is 10.0. The molecule has 0 saturated carbocycles.